The Balaban J connectivity index is 1.63. The quantitative estimate of drug-likeness (QED) is 0.835. The predicted octanol–water partition coefficient (Wildman–Crippen LogP) is 1.06. The third-order valence-electron chi connectivity index (χ3n) is 4.86. The number of carbonyl (C=O) groups is 1. The van der Waals surface area contributed by atoms with Crippen LogP contribution in [0.2, 0.25) is 0 Å². The van der Waals surface area contributed by atoms with Crippen LogP contribution in [-0.2, 0) is 11.8 Å². The average molecular weight is 309 g/mol. The summed E-state index contributed by atoms with van der Waals surface area (Å²) in [7, 11) is 1.99. The van der Waals surface area contributed by atoms with Crippen molar-refractivity contribution in [3.63, 3.8) is 0 Å². The van der Waals surface area contributed by atoms with Gasteiger partial charge >= 0.3 is 0 Å². The summed E-state index contributed by atoms with van der Waals surface area (Å²) in [5.74, 6) is 2.16. The van der Waals surface area contributed by atoms with Gasteiger partial charge in [0.25, 0.3) is 0 Å². The van der Waals surface area contributed by atoms with E-state index < -0.39 is 0 Å². The maximum absolute atomic E-state index is 12.7. The highest BCUT2D eigenvalue weighted by Crippen LogP contribution is 2.44. The van der Waals surface area contributed by atoms with Crippen LogP contribution in [0, 0.1) is 6.92 Å². The van der Waals surface area contributed by atoms with E-state index in [1.807, 2.05) is 23.4 Å². The van der Waals surface area contributed by atoms with Gasteiger partial charge < -0.3 is 14.4 Å². The normalized spacial score (nSPS) is 21.3. The SMILES string of the molecule is CSC1(C(=O)N2CCN(c3nnc(C)n3C)CC2)CCC1. The monoisotopic (exact) mass is 309 g/mol. The van der Waals surface area contributed by atoms with Crippen LogP contribution in [0.1, 0.15) is 25.1 Å². The van der Waals surface area contributed by atoms with Crippen LogP contribution in [0.25, 0.3) is 0 Å². The second-order valence-electron chi connectivity index (χ2n) is 5.94. The number of amides is 1. The third kappa shape index (κ3) is 2.41. The highest BCUT2D eigenvalue weighted by molar-refractivity contribution is 8.00. The Kier molecular flexibility index (Phi) is 3.86. The smallest absolute Gasteiger partial charge is 0.238 e. The molecule has 6 nitrogen and oxygen atoms in total. The molecule has 1 aromatic rings. The van der Waals surface area contributed by atoms with Gasteiger partial charge in [-0.25, -0.2) is 0 Å². The molecule has 0 unspecified atom stereocenters. The Morgan fingerprint density at radius 3 is 2.29 bits per heavy atom. The van der Waals surface area contributed by atoms with Crippen LogP contribution < -0.4 is 4.90 Å². The van der Waals surface area contributed by atoms with E-state index >= 15 is 0 Å². The van der Waals surface area contributed by atoms with Gasteiger partial charge in [0.15, 0.2) is 0 Å². The first-order valence-electron chi connectivity index (χ1n) is 7.53. The van der Waals surface area contributed by atoms with Gasteiger partial charge in [-0.2, -0.15) is 0 Å². The van der Waals surface area contributed by atoms with E-state index in [4.69, 9.17) is 0 Å². The number of carbonyl (C=O) groups excluding carboxylic acids is 1. The molecule has 2 aliphatic rings. The molecule has 0 bridgehead atoms. The zero-order valence-corrected chi connectivity index (χ0v) is 13.8. The average Bonchev–Trinajstić information content (AvgIpc) is 2.79. The molecule has 2 fully saturated rings. The van der Waals surface area contributed by atoms with Gasteiger partial charge in [0.1, 0.15) is 5.82 Å². The highest BCUT2D eigenvalue weighted by Gasteiger charge is 2.46. The molecular weight excluding hydrogens is 286 g/mol. The molecule has 2 heterocycles. The number of aryl methyl sites for hydroxylation is 1. The van der Waals surface area contributed by atoms with Crippen LogP contribution in [-0.4, -0.2) is 62.8 Å². The van der Waals surface area contributed by atoms with Crippen LogP contribution in [0.15, 0.2) is 0 Å². The van der Waals surface area contributed by atoms with Gasteiger partial charge in [-0.15, -0.1) is 22.0 Å². The summed E-state index contributed by atoms with van der Waals surface area (Å²) in [5, 5.41) is 8.34. The lowest BCUT2D eigenvalue weighted by atomic mass is 9.83. The Labute approximate surface area is 129 Å². The van der Waals surface area contributed by atoms with Crippen LogP contribution in [0.4, 0.5) is 5.95 Å². The zero-order valence-electron chi connectivity index (χ0n) is 13.0. The second-order valence-corrected chi connectivity index (χ2v) is 7.13. The standard InChI is InChI=1S/C14H23N5OS/c1-11-15-16-13(17(11)2)19-9-7-18(8-10-19)12(20)14(21-3)5-4-6-14/h4-10H2,1-3H3. The van der Waals surface area contributed by atoms with Crippen LogP contribution in [0.5, 0.6) is 0 Å². The van der Waals surface area contributed by atoms with Gasteiger partial charge in [-0.05, 0) is 32.4 Å². The summed E-state index contributed by atoms with van der Waals surface area (Å²) >= 11 is 1.73. The van der Waals surface area contributed by atoms with E-state index in [-0.39, 0.29) is 4.75 Å². The van der Waals surface area contributed by atoms with Gasteiger partial charge in [-0.1, -0.05) is 0 Å². The molecule has 3 rings (SSSR count). The fraction of sp³-hybridized carbons (Fsp3) is 0.786. The lowest BCUT2D eigenvalue weighted by Crippen LogP contribution is -2.57. The highest BCUT2D eigenvalue weighted by atomic mass is 32.2. The van der Waals surface area contributed by atoms with Crippen molar-refractivity contribution in [1.82, 2.24) is 19.7 Å². The van der Waals surface area contributed by atoms with Gasteiger partial charge in [0.2, 0.25) is 11.9 Å². The largest absolute Gasteiger partial charge is 0.338 e. The molecule has 1 saturated carbocycles. The maximum atomic E-state index is 12.7. The topological polar surface area (TPSA) is 54.3 Å². The van der Waals surface area contributed by atoms with Crippen molar-refractivity contribution in [2.45, 2.75) is 30.9 Å². The molecule has 116 valence electrons. The molecule has 1 aliphatic heterocycles. The number of thioether (sulfide) groups is 1. The first kappa shape index (κ1) is 14.7. The fourth-order valence-electron chi connectivity index (χ4n) is 3.07. The minimum Gasteiger partial charge on any atom is -0.338 e. The van der Waals surface area contributed by atoms with E-state index in [1.165, 1.54) is 6.42 Å². The molecule has 0 N–H and O–H groups in total. The van der Waals surface area contributed by atoms with Gasteiger partial charge in [0.05, 0.1) is 4.75 Å². The molecule has 1 saturated heterocycles. The number of aromatic nitrogens is 3. The molecule has 1 aromatic heterocycles. The number of hydrogen-bond donors (Lipinski definition) is 0. The van der Waals surface area contributed by atoms with E-state index in [0.29, 0.717) is 5.91 Å². The van der Waals surface area contributed by atoms with Crippen molar-refractivity contribution in [3.8, 4) is 0 Å². The maximum Gasteiger partial charge on any atom is 0.238 e. The minimum absolute atomic E-state index is 0.121. The van der Waals surface area contributed by atoms with Crippen LogP contribution in [0.3, 0.4) is 0 Å². The van der Waals surface area contributed by atoms with Crippen molar-refractivity contribution >= 4 is 23.6 Å². The lowest BCUT2D eigenvalue weighted by molar-refractivity contribution is -0.136. The molecule has 7 heteroatoms. The first-order valence-corrected chi connectivity index (χ1v) is 8.75. The summed E-state index contributed by atoms with van der Waals surface area (Å²) < 4.78 is 1.89. The van der Waals surface area contributed by atoms with Gasteiger partial charge in [0, 0.05) is 33.2 Å². The fourth-order valence-corrected chi connectivity index (χ4v) is 4.07. The van der Waals surface area contributed by atoms with E-state index in [1.54, 1.807) is 11.8 Å². The summed E-state index contributed by atoms with van der Waals surface area (Å²) in [6.07, 6.45) is 5.33. The molecular formula is C14H23N5OS. The summed E-state index contributed by atoms with van der Waals surface area (Å²) in [6, 6.07) is 0. The Hall–Kier alpha value is -1.24. The molecule has 0 radical (unpaired) electrons. The molecule has 0 spiro atoms. The number of nitrogens with zero attached hydrogens (tertiary/aromatic N) is 5. The van der Waals surface area contributed by atoms with Crippen molar-refractivity contribution in [3.05, 3.63) is 5.82 Å². The second kappa shape index (κ2) is 5.51. The Bertz CT molecular complexity index is 526. The minimum atomic E-state index is -0.121. The van der Waals surface area contributed by atoms with Crippen molar-refractivity contribution in [2.75, 3.05) is 37.3 Å². The number of rotatable bonds is 3. The summed E-state index contributed by atoms with van der Waals surface area (Å²) in [6.45, 7) is 5.19. The Morgan fingerprint density at radius 1 is 1.19 bits per heavy atom. The molecule has 1 amide bonds. The zero-order chi connectivity index (χ0) is 15.0. The molecule has 21 heavy (non-hydrogen) atoms. The van der Waals surface area contributed by atoms with Gasteiger partial charge in [-0.3, -0.25) is 4.79 Å². The number of piperazine rings is 1. The third-order valence-corrected chi connectivity index (χ3v) is 6.23. The van der Waals surface area contributed by atoms with E-state index in [9.17, 15) is 4.79 Å². The molecule has 1 aliphatic carbocycles. The molecule has 0 aromatic carbocycles. The van der Waals surface area contributed by atoms with E-state index in [0.717, 1.165) is 50.8 Å². The van der Waals surface area contributed by atoms with Crippen LogP contribution >= 0.6 is 11.8 Å². The predicted molar refractivity (Wildman–Crippen MR) is 84.6 cm³/mol. The lowest BCUT2D eigenvalue weighted by Gasteiger charge is -2.44. The number of anilines is 1. The van der Waals surface area contributed by atoms with E-state index in [2.05, 4.69) is 21.4 Å². The summed E-state index contributed by atoms with van der Waals surface area (Å²) in [5.41, 5.74) is 0. The first-order chi connectivity index (χ1) is 10.1. The Morgan fingerprint density at radius 2 is 1.86 bits per heavy atom. The molecule has 0 atom stereocenters. The number of hydrogen-bond acceptors (Lipinski definition) is 5. The van der Waals surface area contributed by atoms with Crippen molar-refractivity contribution in [2.24, 2.45) is 7.05 Å². The summed E-state index contributed by atoms with van der Waals surface area (Å²) in [4.78, 5) is 17.0. The van der Waals surface area contributed by atoms with Crippen molar-refractivity contribution in [1.29, 1.82) is 0 Å². The van der Waals surface area contributed by atoms with Crippen molar-refractivity contribution < 1.29 is 4.79 Å².